The first kappa shape index (κ1) is 15.2. The SMILES string of the molecule is COc1ccc(CSC(C)Cc2ccc(Cl)nc2)cc1. The van der Waals surface area contributed by atoms with E-state index in [2.05, 4.69) is 24.0 Å². The van der Waals surface area contributed by atoms with Crippen LogP contribution in [0.25, 0.3) is 0 Å². The second-order valence-electron chi connectivity index (χ2n) is 4.66. The first-order valence-corrected chi connectivity index (χ1v) is 7.95. The van der Waals surface area contributed by atoms with Gasteiger partial charge in [0.1, 0.15) is 10.9 Å². The zero-order valence-corrected chi connectivity index (χ0v) is 13.2. The molecular formula is C16H18ClNOS. The van der Waals surface area contributed by atoms with Gasteiger partial charge in [-0.1, -0.05) is 36.7 Å². The summed E-state index contributed by atoms with van der Waals surface area (Å²) >= 11 is 7.73. The Balaban J connectivity index is 1.82. The Morgan fingerprint density at radius 3 is 2.45 bits per heavy atom. The monoisotopic (exact) mass is 307 g/mol. The molecule has 1 aromatic carbocycles. The summed E-state index contributed by atoms with van der Waals surface area (Å²) < 4.78 is 5.16. The second-order valence-corrected chi connectivity index (χ2v) is 6.48. The van der Waals surface area contributed by atoms with Crippen LogP contribution in [0.1, 0.15) is 18.1 Å². The van der Waals surface area contributed by atoms with Crippen LogP contribution in [-0.2, 0) is 12.2 Å². The third-order valence-corrected chi connectivity index (χ3v) is 4.46. The quantitative estimate of drug-likeness (QED) is 0.728. The lowest BCUT2D eigenvalue weighted by atomic mass is 10.2. The maximum absolute atomic E-state index is 5.79. The average Bonchev–Trinajstić information content (AvgIpc) is 2.48. The highest BCUT2D eigenvalue weighted by molar-refractivity contribution is 7.99. The Kier molecular flexibility index (Phi) is 5.74. The van der Waals surface area contributed by atoms with Gasteiger partial charge in [0.15, 0.2) is 0 Å². The van der Waals surface area contributed by atoms with Crippen molar-refractivity contribution in [1.29, 1.82) is 0 Å². The van der Waals surface area contributed by atoms with Gasteiger partial charge in [-0.25, -0.2) is 4.98 Å². The van der Waals surface area contributed by atoms with Crippen molar-refractivity contribution in [3.63, 3.8) is 0 Å². The number of hydrogen-bond acceptors (Lipinski definition) is 3. The van der Waals surface area contributed by atoms with Crippen molar-refractivity contribution in [3.05, 3.63) is 58.9 Å². The predicted octanol–water partition coefficient (Wildman–Crippen LogP) is 4.61. The molecule has 4 heteroatoms. The van der Waals surface area contributed by atoms with E-state index in [1.807, 2.05) is 42.2 Å². The van der Waals surface area contributed by atoms with Gasteiger partial charge < -0.3 is 4.74 Å². The molecular weight excluding hydrogens is 290 g/mol. The van der Waals surface area contributed by atoms with E-state index in [0.29, 0.717) is 10.4 Å². The maximum Gasteiger partial charge on any atom is 0.129 e. The third kappa shape index (κ3) is 4.73. The summed E-state index contributed by atoms with van der Waals surface area (Å²) in [5, 5.41) is 1.09. The minimum atomic E-state index is 0.542. The highest BCUT2D eigenvalue weighted by Gasteiger charge is 2.05. The molecule has 0 bridgehead atoms. The van der Waals surface area contributed by atoms with Gasteiger partial charge in [0.05, 0.1) is 7.11 Å². The van der Waals surface area contributed by atoms with Crippen LogP contribution in [0.3, 0.4) is 0 Å². The summed E-state index contributed by atoms with van der Waals surface area (Å²) in [5.41, 5.74) is 2.54. The Labute approximate surface area is 129 Å². The molecule has 1 aromatic heterocycles. The van der Waals surface area contributed by atoms with Crippen LogP contribution in [0.15, 0.2) is 42.6 Å². The molecule has 0 saturated carbocycles. The highest BCUT2D eigenvalue weighted by atomic mass is 35.5. The molecule has 0 radical (unpaired) electrons. The smallest absolute Gasteiger partial charge is 0.129 e. The van der Waals surface area contributed by atoms with Gasteiger partial charge in [-0.3, -0.25) is 0 Å². The van der Waals surface area contributed by atoms with Crippen molar-refractivity contribution < 1.29 is 4.74 Å². The molecule has 0 N–H and O–H groups in total. The lowest BCUT2D eigenvalue weighted by Crippen LogP contribution is -2.02. The van der Waals surface area contributed by atoms with Crippen LogP contribution in [-0.4, -0.2) is 17.3 Å². The fourth-order valence-electron chi connectivity index (χ4n) is 1.88. The third-order valence-electron chi connectivity index (χ3n) is 3.01. The first-order valence-electron chi connectivity index (χ1n) is 6.52. The van der Waals surface area contributed by atoms with Crippen molar-refractivity contribution in [2.45, 2.75) is 24.3 Å². The summed E-state index contributed by atoms with van der Waals surface area (Å²) in [6.45, 7) is 2.24. The number of ether oxygens (including phenoxy) is 1. The van der Waals surface area contributed by atoms with E-state index in [9.17, 15) is 0 Å². The molecule has 0 aliphatic carbocycles. The summed E-state index contributed by atoms with van der Waals surface area (Å²) in [6.07, 6.45) is 2.86. The number of hydrogen-bond donors (Lipinski definition) is 0. The van der Waals surface area contributed by atoms with E-state index in [0.717, 1.165) is 17.9 Å². The molecule has 0 fully saturated rings. The zero-order valence-electron chi connectivity index (χ0n) is 11.7. The molecule has 1 heterocycles. The lowest BCUT2D eigenvalue weighted by molar-refractivity contribution is 0.414. The molecule has 2 aromatic rings. The van der Waals surface area contributed by atoms with E-state index >= 15 is 0 Å². The molecule has 1 atom stereocenters. The Morgan fingerprint density at radius 1 is 1.15 bits per heavy atom. The van der Waals surface area contributed by atoms with Crippen molar-refractivity contribution in [1.82, 2.24) is 4.98 Å². The highest BCUT2D eigenvalue weighted by Crippen LogP contribution is 2.22. The minimum Gasteiger partial charge on any atom is -0.497 e. The number of methoxy groups -OCH3 is 1. The van der Waals surface area contributed by atoms with Gasteiger partial charge >= 0.3 is 0 Å². The van der Waals surface area contributed by atoms with Crippen LogP contribution >= 0.6 is 23.4 Å². The molecule has 0 amide bonds. The summed E-state index contributed by atoms with van der Waals surface area (Å²) in [6, 6.07) is 12.1. The lowest BCUT2D eigenvalue weighted by Gasteiger charge is -2.11. The number of nitrogens with zero attached hydrogens (tertiary/aromatic N) is 1. The van der Waals surface area contributed by atoms with Crippen LogP contribution in [0.2, 0.25) is 5.15 Å². The molecule has 106 valence electrons. The van der Waals surface area contributed by atoms with Crippen molar-refractivity contribution in [2.75, 3.05) is 7.11 Å². The first-order chi connectivity index (χ1) is 9.67. The Morgan fingerprint density at radius 2 is 1.85 bits per heavy atom. The van der Waals surface area contributed by atoms with E-state index < -0.39 is 0 Å². The van der Waals surface area contributed by atoms with Gasteiger partial charge in [-0.05, 0) is 35.7 Å². The fourth-order valence-corrected chi connectivity index (χ4v) is 2.97. The normalized spacial score (nSPS) is 12.2. The van der Waals surface area contributed by atoms with E-state index in [1.54, 1.807) is 7.11 Å². The number of rotatable bonds is 6. The Hall–Kier alpha value is -1.19. The van der Waals surface area contributed by atoms with Gasteiger partial charge in [-0.2, -0.15) is 11.8 Å². The average molecular weight is 308 g/mol. The number of pyridine rings is 1. The Bertz CT molecular complexity index is 527. The summed E-state index contributed by atoms with van der Waals surface area (Å²) in [4.78, 5) is 4.11. The molecule has 2 nitrogen and oxygen atoms in total. The number of thioether (sulfide) groups is 1. The van der Waals surface area contributed by atoms with Crippen molar-refractivity contribution in [3.8, 4) is 5.75 Å². The number of aromatic nitrogens is 1. The largest absolute Gasteiger partial charge is 0.497 e. The van der Waals surface area contributed by atoms with Gasteiger partial charge in [0.25, 0.3) is 0 Å². The fraction of sp³-hybridized carbons (Fsp3) is 0.312. The molecule has 0 aliphatic heterocycles. The molecule has 2 rings (SSSR count). The van der Waals surface area contributed by atoms with E-state index in [1.165, 1.54) is 11.1 Å². The number of benzene rings is 1. The summed E-state index contributed by atoms with van der Waals surface area (Å²) in [7, 11) is 1.69. The topological polar surface area (TPSA) is 22.1 Å². The maximum atomic E-state index is 5.79. The van der Waals surface area contributed by atoms with E-state index in [-0.39, 0.29) is 0 Å². The van der Waals surface area contributed by atoms with Crippen molar-refractivity contribution >= 4 is 23.4 Å². The van der Waals surface area contributed by atoms with Gasteiger partial charge in [-0.15, -0.1) is 0 Å². The molecule has 20 heavy (non-hydrogen) atoms. The standard InChI is InChI=1S/C16H18ClNOS/c1-12(9-14-5-8-16(17)18-10-14)20-11-13-3-6-15(19-2)7-4-13/h3-8,10,12H,9,11H2,1-2H3. The van der Waals surface area contributed by atoms with Crippen LogP contribution < -0.4 is 4.74 Å². The van der Waals surface area contributed by atoms with Crippen molar-refractivity contribution in [2.24, 2.45) is 0 Å². The van der Waals surface area contributed by atoms with Gasteiger partial charge in [0.2, 0.25) is 0 Å². The molecule has 0 saturated heterocycles. The zero-order chi connectivity index (χ0) is 14.4. The second kappa shape index (κ2) is 7.55. The molecule has 0 spiro atoms. The predicted molar refractivity (Wildman–Crippen MR) is 86.7 cm³/mol. The molecule has 1 unspecified atom stereocenters. The molecule has 0 aliphatic rings. The van der Waals surface area contributed by atoms with Crippen LogP contribution in [0.5, 0.6) is 5.75 Å². The number of halogens is 1. The van der Waals surface area contributed by atoms with E-state index in [4.69, 9.17) is 16.3 Å². The summed E-state index contributed by atoms with van der Waals surface area (Å²) in [5.74, 6) is 1.91. The van der Waals surface area contributed by atoms with Gasteiger partial charge in [0, 0.05) is 17.2 Å². The van der Waals surface area contributed by atoms with Crippen LogP contribution in [0.4, 0.5) is 0 Å². The van der Waals surface area contributed by atoms with Crippen LogP contribution in [0, 0.1) is 0 Å². The minimum absolute atomic E-state index is 0.542.